The highest BCUT2D eigenvalue weighted by molar-refractivity contribution is 5.74. The second kappa shape index (κ2) is 7.73. The maximum atomic E-state index is 12.0. The first-order valence-corrected chi connectivity index (χ1v) is 9.54. The van der Waals surface area contributed by atoms with Gasteiger partial charge in [-0.3, -0.25) is 0 Å². The van der Waals surface area contributed by atoms with Gasteiger partial charge in [0.2, 0.25) is 6.79 Å². The van der Waals surface area contributed by atoms with Crippen LogP contribution >= 0.6 is 0 Å². The Morgan fingerprint density at radius 2 is 1.93 bits per heavy atom. The van der Waals surface area contributed by atoms with E-state index >= 15 is 0 Å². The molecule has 1 fully saturated rings. The Morgan fingerprint density at radius 3 is 2.68 bits per heavy atom. The second-order valence-corrected chi connectivity index (χ2v) is 8.12. The SMILES string of the molecule is CC(C)=[N+]([O-])CC[C@H]1C=C(c2ccc3c(c2)OCO3)[C@H]2OC(C)(C)O[C@H]2C1.O. The number of rotatable bonds is 4. The van der Waals surface area contributed by atoms with Crippen LogP contribution < -0.4 is 9.47 Å². The molecule has 0 bridgehead atoms. The fraction of sp³-hybridized carbons (Fsp3) is 0.571. The van der Waals surface area contributed by atoms with E-state index in [-0.39, 0.29) is 30.4 Å². The molecule has 28 heavy (non-hydrogen) atoms. The van der Waals surface area contributed by atoms with Crippen molar-refractivity contribution in [1.29, 1.82) is 0 Å². The van der Waals surface area contributed by atoms with Crippen molar-refractivity contribution in [2.45, 2.75) is 58.5 Å². The minimum atomic E-state index is -0.613. The summed E-state index contributed by atoms with van der Waals surface area (Å²) in [4.78, 5) is 0. The number of allylic oxidation sites excluding steroid dienone is 1. The van der Waals surface area contributed by atoms with Crippen LogP contribution in [0.5, 0.6) is 11.5 Å². The van der Waals surface area contributed by atoms with Crippen molar-refractivity contribution in [2.75, 3.05) is 13.3 Å². The van der Waals surface area contributed by atoms with Gasteiger partial charge < -0.3 is 29.6 Å². The summed E-state index contributed by atoms with van der Waals surface area (Å²) in [6.45, 7) is 8.33. The lowest BCUT2D eigenvalue weighted by Crippen LogP contribution is -2.31. The number of fused-ring (bicyclic) bond motifs is 2. The molecule has 7 nitrogen and oxygen atoms in total. The van der Waals surface area contributed by atoms with Gasteiger partial charge in [0.15, 0.2) is 29.5 Å². The van der Waals surface area contributed by atoms with Gasteiger partial charge in [-0.15, -0.1) is 0 Å². The molecule has 2 aliphatic heterocycles. The second-order valence-electron chi connectivity index (χ2n) is 8.12. The van der Waals surface area contributed by atoms with Gasteiger partial charge >= 0.3 is 0 Å². The fourth-order valence-electron chi connectivity index (χ4n) is 4.03. The number of hydroxylamine groups is 1. The Balaban J connectivity index is 0.00000225. The Hall–Kier alpha value is -2.09. The van der Waals surface area contributed by atoms with Crippen molar-refractivity contribution in [3.8, 4) is 11.5 Å². The summed E-state index contributed by atoms with van der Waals surface area (Å²) in [7, 11) is 0. The van der Waals surface area contributed by atoms with Gasteiger partial charge in [0.25, 0.3) is 0 Å². The fourth-order valence-corrected chi connectivity index (χ4v) is 4.03. The Kier molecular flexibility index (Phi) is 5.70. The van der Waals surface area contributed by atoms with Crippen LogP contribution in [0.2, 0.25) is 0 Å². The molecule has 1 aliphatic carbocycles. The Labute approximate surface area is 165 Å². The van der Waals surface area contributed by atoms with E-state index in [1.807, 2.05) is 45.9 Å². The van der Waals surface area contributed by atoms with Crippen molar-refractivity contribution in [3.63, 3.8) is 0 Å². The lowest BCUT2D eigenvalue weighted by atomic mass is 9.82. The zero-order valence-corrected chi connectivity index (χ0v) is 16.9. The maximum absolute atomic E-state index is 12.0. The lowest BCUT2D eigenvalue weighted by Gasteiger charge is -2.29. The van der Waals surface area contributed by atoms with E-state index in [1.54, 1.807) is 0 Å². The average molecular weight is 391 g/mol. The van der Waals surface area contributed by atoms with Crippen LogP contribution in [-0.2, 0) is 9.47 Å². The molecule has 3 aliphatic rings. The molecule has 1 saturated heterocycles. The first-order valence-electron chi connectivity index (χ1n) is 9.54. The van der Waals surface area contributed by atoms with E-state index in [4.69, 9.17) is 18.9 Å². The van der Waals surface area contributed by atoms with Gasteiger partial charge in [-0.05, 0) is 49.5 Å². The predicted octanol–water partition coefficient (Wildman–Crippen LogP) is 2.90. The number of hydrogen-bond acceptors (Lipinski definition) is 5. The van der Waals surface area contributed by atoms with Crippen molar-refractivity contribution < 1.29 is 29.2 Å². The zero-order valence-electron chi connectivity index (χ0n) is 16.9. The number of nitrogens with zero attached hydrogens (tertiary/aromatic N) is 1. The summed E-state index contributed by atoms with van der Waals surface area (Å²) < 4.78 is 24.4. The number of benzene rings is 1. The minimum Gasteiger partial charge on any atom is -0.624 e. The van der Waals surface area contributed by atoms with Gasteiger partial charge in [-0.1, -0.05) is 12.1 Å². The Morgan fingerprint density at radius 1 is 1.18 bits per heavy atom. The van der Waals surface area contributed by atoms with Crippen molar-refractivity contribution in [1.82, 2.24) is 0 Å². The summed E-state index contributed by atoms with van der Waals surface area (Å²) >= 11 is 0. The Bertz CT molecular complexity index is 796. The average Bonchev–Trinajstić information content (AvgIpc) is 3.20. The number of hydrogen-bond donors (Lipinski definition) is 0. The summed E-state index contributed by atoms with van der Waals surface area (Å²) in [5, 5.41) is 12.0. The quantitative estimate of drug-likeness (QED) is 0.340. The molecule has 0 radical (unpaired) electrons. The lowest BCUT2D eigenvalue weighted by molar-refractivity contribution is -0.460. The molecular weight excluding hydrogens is 362 g/mol. The summed E-state index contributed by atoms with van der Waals surface area (Å²) in [5.74, 6) is 1.17. The smallest absolute Gasteiger partial charge is 0.231 e. The molecule has 0 amide bonds. The topological polar surface area (TPSA) is 94.5 Å². The molecule has 0 unspecified atom stereocenters. The molecule has 0 aromatic heterocycles. The molecule has 2 heterocycles. The van der Waals surface area contributed by atoms with Gasteiger partial charge in [-0.25, -0.2) is 4.74 Å². The molecular formula is C21H29NO6. The number of ether oxygens (including phenoxy) is 4. The zero-order chi connectivity index (χ0) is 19.2. The van der Waals surface area contributed by atoms with Crippen LogP contribution in [-0.4, -0.2) is 47.3 Å². The molecule has 2 N–H and O–H groups in total. The van der Waals surface area contributed by atoms with Crippen LogP contribution in [0, 0.1) is 11.1 Å². The van der Waals surface area contributed by atoms with Crippen LogP contribution in [0.25, 0.3) is 5.57 Å². The van der Waals surface area contributed by atoms with Crippen LogP contribution in [0.4, 0.5) is 0 Å². The molecule has 3 atom stereocenters. The highest BCUT2D eigenvalue weighted by Gasteiger charge is 2.46. The molecule has 4 rings (SSSR count). The van der Waals surface area contributed by atoms with Crippen molar-refractivity contribution in [3.05, 3.63) is 35.0 Å². The molecule has 1 aromatic rings. The van der Waals surface area contributed by atoms with E-state index in [1.165, 1.54) is 0 Å². The van der Waals surface area contributed by atoms with Gasteiger partial charge in [0.05, 0.1) is 6.10 Å². The highest BCUT2D eigenvalue weighted by atomic mass is 16.8. The van der Waals surface area contributed by atoms with Crippen LogP contribution in [0.15, 0.2) is 24.3 Å². The molecule has 7 heteroatoms. The monoisotopic (exact) mass is 391 g/mol. The minimum absolute atomic E-state index is 0. The van der Waals surface area contributed by atoms with E-state index in [0.29, 0.717) is 6.54 Å². The van der Waals surface area contributed by atoms with Gasteiger partial charge in [0.1, 0.15) is 6.10 Å². The molecule has 154 valence electrons. The molecule has 0 saturated carbocycles. The highest BCUT2D eigenvalue weighted by Crippen LogP contribution is 2.45. The maximum Gasteiger partial charge on any atom is 0.231 e. The predicted molar refractivity (Wildman–Crippen MR) is 106 cm³/mol. The van der Waals surface area contributed by atoms with Crippen molar-refractivity contribution >= 4 is 11.3 Å². The summed E-state index contributed by atoms with van der Waals surface area (Å²) in [6, 6.07) is 5.98. The third-order valence-corrected chi connectivity index (χ3v) is 5.35. The standard InChI is InChI=1S/C21H27NO5.H2O/c1-13(2)22(23)8-7-14-9-16(20-19(10-14)26-21(3,4)27-20)15-5-6-17-18(11-15)25-12-24-17;/h5-6,9,11,14,19-20H,7-8,10,12H2,1-4H3;1H2/t14-,19-,20+;/m0./s1. The third-order valence-electron chi connectivity index (χ3n) is 5.35. The van der Waals surface area contributed by atoms with Gasteiger partial charge in [-0.2, -0.15) is 0 Å². The van der Waals surface area contributed by atoms with Crippen LogP contribution in [0.1, 0.15) is 46.1 Å². The van der Waals surface area contributed by atoms with E-state index in [2.05, 4.69) is 6.08 Å². The normalized spacial score (nSPS) is 26.9. The first-order chi connectivity index (χ1) is 12.8. The van der Waals surface area contributed by atoms with E-state index in [9.17, 15) is 5.21 Å². The van der Waals surface area contributed by atoms with Crippen LogP contribution in [0.3, 0.4) is 0 Å². The van der Waals surface area contributed by atoms with E-state index < -0.39 is 5.79 Å². The molecule has 1 aromatic carbocycles. The summed E-state index contributed by atoms with van der Waals surface area (Å²) in [6.07, 6.45) is 3.78. The largest absolute Gasteiger partial charge is 0.624 e. The third kappa shape index (κ3) is 4.01. The van der Waals surface area contributed by atoms with Gasteiger partial charge in [0, 0.05) is 20.3 Å². The summed E-state index contributed by atoms with van der Waals surface area (Å²) in [5.41, 5.74) is 2.94. The molecule has 0 spiro atoms. The van der Waals surface area contributed by atoms with E-state index in [0.717, 1.165) is 45.9 Å². The van der Waals surface area contributed by atoms with Crippen molar-refractivity contribution in [2.24, 2.45) is 5.92 Å². The first kappa shape index (κ1) is 20.6.